The van der Waals surface area contributed by atoms with Gasteiger partial charge in [-0.05, 0) is 38.8 Å². The second-order valence-corrected chi connectivity index (χ2v) is 8.60. The van der Waals surface area contributed by atoms with Crippen molar-refractivity contribution in [2.75, 3.05) is 26.2 Å². The summed E-state index contributed by atoms with van der Waals surface area (Å²) in [4.78, 5) is 29.1. The predicted molar refractivity (Wildman–Crippen MR) is 117 cm³/mol. The zero-order valence-electron chi connectivity index (χ0n) is 18.8. The van der Waals surface area contributed by atoms with Crippen LogP contribution in [-0.4, -0.2) is 53.3 Å². The number of rotatable bonds is 17. The average Bonchev–Trinajstić information content (AvgIpc) is 2.89. The molecule has 28 heavy (non-hydrogen) atoms. The first-order valence-electron chi connectivity index (χ1n) is 11.8. The first kappa shape index (κ1) is 25.1. The predicted octanol–water partition coefficient (Wildman–Crippen LogP) is 4.49. The molecule has 0 saturated carbocycles. The highest BCUT2D eigenvalue weighted by Crippen LogP contribution is 2.26. The molecule has 1 aliphatic heterocycles. The highest BCUT2D eigenvalue weighted by molar-refractivity contribution is 6.08. The summed E-state index contributed by atoms with van der Waals surface area (Å²) in [5.41, 5.74) is 5.44. The number of carbonyl (C=O) groups is 2. The molecule has 1 saturated heterocycles. The molecule has 0 spiro atoms. The van der Waals surface area contributed by atoms with E-state index in [-0.39, 0.29) is 18.2 Å². The van der Waals surface area contributed by atoms with Crippen molar-refractivity contribution in [1.29, 1.82) is 0 Å². The van der Waals surface area contributed by atoms with Gasteiger partial charge in [-0.1, -0.05) is 72.1 Å². The second-order valence-electron chi connectivity index (χ2n) is 8.60. The molecule has 5 heteroatoms. The van der Waals surface area contributed by atoms with Crippen molar-refractivity contribution in [1.82, 2.24) is 9.80 Å². The Morgan fingerprint density at radius 2 is 1.36 bits per heavy atom. The van der Waals surface area contributed by atoms with Crippen LogP contribution < -0.4 is 5.73 Å². The Morgan fingerprint density at radius 1 is 0.821 bits per heavy atom. The maximum Gasteiger partial charge on any atom is 0.249 e. The number of nitrogens with two attached hydrogens (primary N) is 1. The minimum Gasteiger partial charge on any atom is -0.317 e. The molecule has 1 unspecified atom stereocenters. The lowest BCUT2D eigenvalue weighted by molar-refractivity contribution is -0.140. The Bertz CT molecular complexity index is 447. The van der Waals surface area contributed by atoms with Crippen LogP contribution in [0.4, 0.5) is 0 Å². The highest BCUT2D eigenvalue weighted by Gasteiger charge is 2.48. The van der Waals surface area contributed by atoms with E-state index in [2.05, 4.69) is 25.7 Å². The van der Waals surface area contributed by atoms with Crippen molar-refractivity contribution in [2.45, 2.75) is 110 Å². The number of carbonyl (C=O) groups excluding carboxylic acids is 2. The number of unbranched alkanes of at least 4 members (excludes halogenated alkanes) is 8. The lowest BCUT2D eigenvalue weighted by Gasteiger charge is -2.27. The molecular formula is C23H45N3O2. The quantitative estimate of drug-likeness (QED) is 0.291. The smallest absolute Gasteiger partial charge is 0.249 e. The fourth-order valence-electron chi connectivity index (χ4n) is 3.93. The topological polar surface area (TPSA) is 66.6 Å². The summed E-state index contributed by atoms with van der Waals surface area (Å²) in [5, 5.41) is 0. The summed E-state index contributed by atoms with van der Waals surface area (Å²) < 4.78 is 0. The minimum atomic E-state index is -0.991. The van der Waals surface area contributed by atoms with Crippen molar-refractivity contribution in [3.8, 4) is 0 Å². The monoisotopic (exact) mass is 395 g/mol. The van der Waals surface area contributed by atoms with Crippen LogP contribution in [-0.2, 0) is 9.59 Å². The van der Waals surface area contributed by atoms with Crippen LogP contribution in [0.25, 0.3) is 0 Å². The van der Waals surface area contributed by atoms with Crippen LogP contribution >= 0.6 is 0 Å². The largest absolute Gasteiger partial charge is 0.317 e. The van der Waals surface area contributed by atoms with E-state index >= 15 is 0 Å². The van der Waals surface area contributed by atoms with Crippen molar-refractivity contribution in [3.63, 3.8) is 0 Å². The fourth-order valence-corrected chi connectivity index (χ4v) is 3.93. The van der Waals surface area contributed by atoms with Gasteiger partial charge in [0.2, 0.25) is 11.8 Å². The van der Waals surface area contributed by atoms with Gasteiger partial charge in [-0.2, -0.15) is 0 Å². The number of hydrogen-bond acceptors (Lipinski definition) is 4. The van der Waals surface area contributed by atoms with Crippen LogP contribution in [0.5, 0.6) is 0 Å². The minimum absolute atomic E-state index is 0.0767. The molecule has 0 radical (unpaired) electrons. The molecule has 0 aliphatic carbocycles. The van der Waals surface area contributed by atoms with E-state index in [1.54, 1.807) is 0 Å². The Labute approximate surface area is 173 Å². The summed E-state index contributed by atoms with van der Waals surface area (Å²) >= 11 is 0. The van der Waals surface area contributed by atoms with E-state index in [0.29, 0.717) is 13.0 Å². The fraction of sp³-hybridized carbons (Fsp3) is 0.913. The standard InChI is InChI=1S/C23H45N3O2/c1-4-7-10-11-12-13-14-18-26-21(27)20-23(24,22(26)28)15-19-25(16-8-5-2)17-9-6-3/h4-20,24H2,1-3H3. The molecule has 1 atom stereocenters. The molecule has 2 N–H and O–H groups in total. The molecule has 2 amide bonds. The van der Waals surface area contributed by atoms with E-state index in [1.807, 2.05) is 0 Å². The van der Waals surface area contributed by atoms with Gasteiger partial charge < -0.3 is 10.6 Å². The van der Waals surface area contributed by atoms with Gasteiger partial charge in [-0.15, -0.1) is 0 Å². The molecule has 0 aromatic carbocycles. The number of amides is 2. The van der Waals surface area contributed by atoms with Gasteiger partial charge in [-0.3, -0.25) is 14.5 Å². The molecule has 0 aromatic rings. The van der Waals surface area contributed by atoms with Crippen molar-refractivity contribution in [3.05, 3.63) is 0 Å². The number of nitrogens with zero attached hydrogens (tertiary/aromatic N) is 2. The summed E-state index contributed by atoms with van der Waals surface area (Å²) in [5.74, 6) is -0.221. The second kappa shape index (κ2) is 14.1. The molecular weight excluding hydrogens is 350 g/mol. The van der Waals surface area contributed by atoms with Gasteiger partial charge in [0, 0.05) is 13.1 Å². The zero-order chi connectivity index (χ0) is 20.8. The van der Waals surface area contributed by atoms with E-state index < -0.39 is 5.54 Å². The van der Waals surface area contributed by atoms with E-state index in [1.165, 1.54) is 62.7 Å². The van der Waals surface area contributed by atoms with Crippen LogP contribution in [0, 0.1) is 0 Å². The number of hydrogen-bond donors (Lipinski definition) is 1. The Kier molecular flexibility index (Phi) is 12.6. The third-order valence-corrected chi connectivity index (χ3v) is 5.95. The van der Waals surface area contributed by atoms with Crippen LogP contribution in [0.3, 0.4) is 0 Å². The lowest BCUT2D eigenvalue weighted by Crippen LogP contribution is -2.50. The first-order valence-corrected chi connectivity index (χ1v) is 11.8. The molecule has 1 rings (SSSR count). The van der Waals surface area contributed by atoms with Gasteiger partial charge in [0.25, 0.3) is 0 Å². The molecule has 1 heterocycles. The molecule has 1 aliphatic rings. The van der Waals surface area contributed by atoms with Gasteiger partial charge in [0.15, 0.2) is 0 Å². The molecule has 5 nitrogen and oxygen atoms in total. The van der Waals surface area contributed by atoms with Gasteiger partial charge >= 0.3 is 0 Å². The van der Waals surface area contributed by atoms with E-state index in [0.717, 1.165) is 32.5 Å². The number of imide groups is 1. The van der Waals surface area contributed by atoms with Crippen molar-refractivity contribution >= 4 is 11.8 Å². The normalized spacial score (nSPS) is 20.0. The summed E-state index contributed by atoms with van der Waals surface area (Å²) in [6, 6.07) is 0. The number of likely N-dealkylation sites (tertiary alicyclic amines) is 1. The maximum atomic E-state index is 12.8. The zero-order valence-corrected chi connectivity index (χ0v) is 18.8. The van der Waals surface area contributed by atoms with Crippen LogP contribution in [0.15, 0.2) is 0 Å². The van der Waals surface area contributed by atoms with Crippen LogP contribution in [0.1, 0.15) is 104 Å². The maximum absolute atomic E-state index is 12.8. The third-order valence-electron chi connectivity index (χ3n) is 5.95. The van der Waals surface area contributed by atoms with Gasteiger partial charge in [-0.25, -0.2) is 0 Å². The van der Waals surface area contributed by atoms with Gasteiger partial charge in [0.05, 0.1) is 6.42 Å². The highest BCUT2D eigenvalue weighted by atomic mass is 16.2. The molecule has 0 bridgehead atoms. The Hall–Kier alpha value is -0.940. The third kappa shape index (κ3) is 8.60. The molecule has 0 aromatic heterocycles. The Balaban J connectivity index is 2.43. The Morgan fingerprint density at radius 3 is 1.93 bits per heavy atom. The summed E-state index contributed by atoms with van der Waals surface area (Å²) in [6.07, 6.45) is 13.7. The lowest BCUT2D eigenvalue weighted by atomic mass is 9.94. The average molecular weight is 396 g/mol. The summed E-state index contributed by atoms with van der Waals surface area (Å²) in [7, 11) is 0. The van der Waals surface area contributed by atoms with E-state index in [9.17, 15) is 9.59 Å². The summed E-state index contributed by atoms with van der Waals surface area (Å²) in [6.45, 7) is 10.1. The molecule has 164 valence electrons. The molecule has 1 fully saturated rings. The van der Waals surface area contributed by atoms with Crippen molar-refractivity contribution in [2.24, 2.45) is 5.73 Å². The van der Waals surface area contributed by atoms with Crippen LogP contribution in [0.2, 0.25) is 0 Å². The SMILES string of the molecule is CCCCCCCCCN1C(=O)CC(N)(CCN(CCCC)CCCC)C1=O. The van der Waals surface area contributed by atoms with Gasteiger partial charge in [0.1, 0.15) is 5.54 Å². The van der Waals surface area contributed by atoms with Crippen molar-refractivity contribution < 1.29 is 9.59 Å². The van der Waals surface area contributed by atoms with E-state index in [4.69, 9.17) is 5.73 Å². The first-order chi connectivity index (χ1) is 13.5.